The number of hydrogen-bond donors (Lipinski definition) is 2. The molecule has 10 heteroatoms. The smallest absolute Gasteiger partial charge is 0.273 e. The maximum Gasteiger partial charge on any atom is 0.273 e. The summed E-state index contributed by atoms with van der Waals surface area (Å²) in [6.45, 7) is 0.585. The summed E-state index contributed by atoms with van der Waals surface area (Å²) >= 11 is 5.81. The van der Waals surface area contributed by atoms with Crippen molar-refractivity contribution in [1.29, 1.82) is 0 Å². The van der Waals surface area contributed by atoms with Gasteiger partial charge >= 0.3 is 0 Å². The highest BCUT2D eigenvalue weighted by Crippen LogP contribution is 2.31. The fourth-order valence-corrected chi connectivity index (χ4v) is 3.63. The maximum absolute atomic E-state index is 14.6. The summed E-state index contributed by atoms with van der Waals surface area (Å²) in [5, 5.41) is 2.16. The molecule has 2 saturated heterocycles. The molecular formula is C17H16ClF3N4O2. The van der Waals surface area contributed by atoms with Crippen LogP contribution in [0, 0.1) is 11.6 Å². The summed E-state index contributed by atoms with van der Waals surface area (Å²) in [7, 11) is 0. The van der Waals surface area contributed by atoms with Gasteiger partial charge in [0.2, 0.25) is 5.67 Å². The highest BCUT2D eigenvalue weighted by atomic mass is 35.5. The van der Waals surface area contributed by atoms with Gasteiger partial charge in [-0.3, -0.25) is 9.59 Å². The molecule has 1 aromatic carbocycles. The third-order valence-electron chi connectivity index (χ3n) is 5.06. The Bertz CT molecular complexity index is 936. The molecule has 2 N–H and O–H groups in total. The van der Waals surface area contributed by atoms with Gasteiger partial charge in [-0.25, -0.2) is 13.2 Å². The van der Waals surface area contributed by atoms with Crippen LogP contribution < -0.4 is 5.32 Å². The molecule has 2 aliphatic rings. The molecule has 2 aromatic rings. The summed E-state index contributed by atoms with van der Waals surface area (Å²) in [6.07, 6.45) is 0. The fraction of sp³-hybridized carbons (Fsp3) is 0.412. The highest BCUT2D eigenvalue weighted by molar-refractivity contribution is 6.35. The number of carbonyl (C=O) groups is 2. The zero-order valence-corrected chi connectivity index (χ0v) is 14.9. The van der Waals surface area contributed by atoms with E-state index in [0.717, 1.165) is 6.07 Å². The number of nitrogens with one attached hydrogen (secondary N) is 2. The van der Waals surface area contributed by atoms with Crippen LogP contribution in [-0.2, 0) is 4.79 Å². The predicted molar refractivity (Wildman–Crippen MR) is 92.4 cm³/mol. The van der Waals surface area contributed by atoms with Gasteiger partial charge in [0.1, 0.15) is 11.5 Å². The highest BCUT2D eigenvalue weighted by Gasteiger charge is 2.47. The lowest BCUT2D eigenvalue weighted by Crippen LogP contribution is -2.66. The fourth-order valence-electron chi connectivity index (χ4n) is 3.38. The molecule has 2 aliphatic heterocycles. The topological polar surface area (TPSA) is 68.4 Å². The number of alkyl halides is 1. The van der Waals surface area contributed by atoms with E-state index in [9.17, 15) is 22.8 Å². The molecule has 0 saturated carbocycles. The molecule has 0 bridgehead atoms. The van der Waals surface area contributed by atoms with Gasteiger partial charge in [-0.1, -0.05) is 11.6 Å². The first-order valence-corrected chi connectivity index (χ1v) is 8.83. The number of H-pyrrole nitrogens is 1. The van der Waals surface area contributed by atoms with Gasteiger partial charge in [0.25, 0.3) is 11.8 Å². The van der Waals surface area contributed by atoms with Crippen molar-refractivity contribution in [3.63, 3.8) is 0 Å². The molecule has 0 aliphatic carbocycles. The first-order chi connectivity index (χ1) is 12.8. The standard InChI is InChI=1S/C17H16ClF3N4O2/c18-12-9(19)1-2-10-11(12)13(20)14(23-10)15(26)24-3-5-25(6-4-24)16(27)17(21)7-22-8-17/h1-2,22-23H,3-8H2. The second-order valence-corrected chi connectivity index (χ2v) is 7.13. The molecule has 3 heterocycles. The molecular weight excluding hydrogens is 385 g/mol. The minimum absolute atomic E-state index is 0.0113. The number of rotatable bonds is 2. The molecule has 6 nitrogen and oxygen atoms in total. The number of hydrogen-bond acceptors (Lipinski definition) is 3. The number of piperazine rings is 1. The Morgan fingerprint density at radius 3 is 2.30 bits per heavy atom. The number of fused-ring (bicyclic) bond motifs is 1. The van der Waals surface area contributed by atoms with Crippen LogP contribution in [0.25, 0.3) is 10.9 Å². The van der Waals surface area contributed by atoms with Crippen LogP contribution in [-0.4, -0.2) is 71.5 Å². The zero-order chi connectivity index (χ0) is 19.3. The van der Waals surface area contributed by atoms with E-state index in [1.807, 2.05) is 0 Å². The number of nitrogens with zero attached hydrogens (tertiary/aromatic N) is 2. The molecule has 27 heavy (non-hydrogen) atoms. The van der Waals surface area contributed by atoms with Crippen LogP contribution in [0.1, 0.15) is 10.5 Å². The summed E-state index contributed by atoms with van der Waals surface area (Å²) in [4.78, 5) is 30.2. The number of aromatic nitrogens is 1. The Labute approximate surface area is 157 Å². The van der Waals surface area contributed by atoms with Gasteiger partial charge in [-0.15, -0.1) is 0 Å². The minimum atomic E-state index is -1.88. The Kier molecular flexibility index (Phi) is 4.31. The number of benzene rings is 1. The molecule has 2 fully saturated rings. The van der Waals surface area contributed by atoms with Crippen LogP contribution in [0.3, 0.4) is 0 Å². The van der Waals surface area contributed by atoms with Gasteiger partial charge in [-0.05, 0) is 12.1 Å². The molecule has 0 radical (unpaired) electrons. The monoisotopic (exact) mass is 400 g/mol. The molecule has 2 amide bonds. The Morgan fingerprint density at radius 1 is 1.07 bits per heavy atom. The first-order valence-electron chi connectivity index (χ1n) is 8.45. The van der Waals surface area contributed by atoms with E-state index >= 15 is 0 Å². The number of carbonyl (C=O) groups excluding carboxylic acids is 2. The van der Waals surface area contributed by atoms with E-state index in [1.54, 1.807) is 0 Å². The van der Waals surface area contributed by atoms with Crippen LogP contribution >= 0.6 is 11.6 Å². The average molecular weight is 401 g/mol. The normalized spacial score (nSPS) is 19.3. The maximum atomic E-state index is 14.6. The van der Waals surface area contributed by atoms with Crippen molar-refractivity contribution in [2.75, 3.05) is 39.3 Å². The molecule has 0 atom stereocenters. The van der Waals surface area contributed by atoms with Gasteiger partial charge in [0.05, 0.1) is 15.9 Å². The van der Waals surface area contributed by atoms with Crippen molar-refractivity contribution in [2.24, 2.45) is 0 Å². The van der Waals surface area contributed by atoms with Crippen LogP contribution in [0.4, 0.5) is 13.2 Å². The lowest BCUT2D eigenvalue weighted by molar-refractivity contribution is -0.149. The Hall–Kier alpha value is -2.26. The van der Waals surface area contributed by atoms with Crippen LogP contribution in [0.2, 0.25) is 5.02 Å². The second kappa shape index (κ2) is 6.42. The Morgan fingerprint density at radius 2 is 1.70 bits per heavy atom. The van der Waals surface area contributed by atoms with E-state index in [4.69, 9.17) is 11.6 Å². The van der Waals surface area contributed by atoms with Crippen molar-refractivity contribution in [1.82, 2.24) is 20.1 Å². The van der Waals surface area contributed by atoms with Crippen LogP contribution in [0.15, 0.2) is 12.1 Å². The first kappa shape index (κ1) is 18.1. The largest absolute Gasteiger partial charge is 0.348 e. The molecule has 0 unspecified atom stereocenters. The minimum Gasteiger partial charge on any atom is -0.348 e. The predicted octanol–water partition coefficient (Wildman–Crippen LogP) is 1.70. The SMILES string of the molecule is O=C(c1[nH]c2ccc(F)c(Cl)c2c1F)N1CCN(C(=O)C2(F)CNC2)CC1. The molecule has 4 rings (SSSR count). The van der Waals surface area contributed by atoms with E-state index < -0.39 is 34.1 Å². The quantitative estimate of drug-likeness (QED) is 0.806. The third-order valence-corrected chi connectivity index (χ3v) is 5.42. The average Bonchev–Trinajstić information content (AvgIpc) is 2.99. The number of amides is 2. The summed E-state index contributed by atoms with van der Waals surface area (Å²) in [5.41, 5.74) is -1.98. The second-order valence-electron chi connectivity index (χ2n) is 6.75. The Balaban J connectivity index is 1.50. The number of halogens is 4. The lowest BCUT2D eigenvalue weighted by atomic mass is 9.97. The third kappa shape index (κ3) is 2.85. The summed E-state index contributed by atoms with van der Waals surface area (Å²) < 4.78 is 42.4. The molecule has 1 aromatic heterocycles. The number of aromatic amines is 1. The zero-order valence-electron chi connectivity index (χ0n) is 14.1. The summed E-state index contributed by atoms with van der Waals surface area (Å²) in [5.74, 6) is -2.90. The van der Waals surface area contributed by atoms with Gasteiger partial charge in [0, 0.05) is 39.3 Å². The van der Waals surface area contributed by atoms with Crippen molar-refractivity contribution >= 4 is 34.3 Å². The summed E-state index contributed by atoms with van der Waals surface area (Å²) in [6, 6.07) is 2.39. The van der Waals surface area contributed by atoms with E-state index in [2.05, 4.69) is 10.3 Å². The van der Waals surface area contributed by atoms with Crippen molar-refractivity contribution < 1.29 is 22.8 Å². The van der Waals surface area contributed by atoms with E-state index in [1.165, 1.54) is 15.9 Å². The lowest BCUT2D eigenvalue weighted by Gasteiger charge is -2.41. The van der Waals surface area contributed by atoms with Crippen molar-refractivity contribution in [2.45, 2.75) is 5.67 Å². The van der Waals surface area contributed by atoms with Crippen molar-refractivity contribution in [3.8, 4) is 0 Å². The molecule has 0 spiro atoms. The van der Waals surface area contributed by atoms with Crippen LogP contribution in [0.5, 0.6) is 0 Å². The van der Waals surface area contributed by atoms with E-state index in [0.29, 0.717) is 0 Å². The molecule has 144 valence electrons. The van der Waals surface area contributed by atoms with E-state index in [-0.39, 0.29) is 55.9 Å². The van der Waals surface area contributed by atoms with Gasteiger partial charge < -0.3 is 20.1 Å². The van der Waals surface area contributed by atoms with Gasteiger partial charge in [0.15, 0.2) is 5.82 Å². The van der Waals surface area contributed by atoms with Crippen molar-refractivity contribution in [3.05, 3.63) is 34.5 Å². The van der Waals surface area contributed by atoms with Gasteiger partial charge in [-0.2, -0.15) is 0 Å².